The summed E-state index contributed by atoms with van der Waals surface area (Å²) in [6, 6.07) is 13.8. The summed E-state index contributed by atoms with van der Waals surface area (Å²) in [5, 5.41) is 6.35. The third kappa shape index (κ3) is 6.18. The van der Waals surface area contributed by atoms with E-state index in [1.165, 1.54) is 0 Å². The number of hydrogen-bond acceptors (Lipinski definition) is 4. The van der Waals surface area contributed by atoms with Crippen molar-refractivity contribution in [2.45, 2.75) is 38.8 Å². The first-order valence-corrected chi connectivity index (χ1v) is 11.9. The average molecular weight is 471 g/mol. The number of carbonyl (C=O) groups is 2. The molecular formula is C25H31ClN4O3. The summed E-state index contributed by atoms with van der Waals surface area (Å²) in [4.78, 5) is 28.2. The molecule has 7 nitrogen and oxygen atoms in total. The minimum atomic E-state index is -0.261. The summed E-state index contributed by atoms with van der Waals surface area (Å²) in [5.41, 5.74) is 3.88. The number of nitrogens with one attached hydrogen (secondary N) is 2. The van der Waals surface area contributed by atoms with E-state index in [1.54, 1.807) is 6.07 Å². The van der Waals surface area contributed by atoms with Crippen LogP contribution < -0.4 is 15.5 Å². The molecule has 2 heterocycles. The van der Waals surface area contributed by atoms with Gasteiger partial charge >= 0.3 is 6.03 Å². The number of morpholine rings is 1. The zero-order chi connectivity index (χ0) is 23.2. The number of nitrogens with zero attached hydrogens (tertiary/aromatic N) is 2. The van der Waals surface area contributed by atoms with Gasteiger partial charge in [-0.05, 0) is 49.1 Å². The molecule has 2 aliphatic heterocycles. The van der Waals surface area contributed by atoms with Crippen LogP contribution in [0.15, 0.2) is 42.5 Å². The van der Waals surface area contributed by atoms with Gasteiger partial charge in [-0.2, -0.15) is 0 Å². The van der Waals surface area contributed by atoms with Crippen molar-refractivity contribution >= 4 is 34.9 Å². The highest BCUT2D eigenvalue weighted by molar-refractivity contribution is 6.33. The van der Waals surface area contributed by atoms with Crippen LogP contribution in [0.4, 0.5) is 16.2 Å². The summed E-state index contributed by atoms with van der Waals surface area (Å²) in [7, 11) is 0. The second-order valence-corrected chi connectivity index (χ2v) is 9.06. The molecule has 0 bridgehead atoms. The number of urea groups is 1. The van der Waals surface area contributed by atoms with Gasteiger partial charge in [0, 0.05) is 44.3 Å². The van der Waals surface area contributed by atoms with Crippen LogP contribution in [-0.2, 0) is 22.5 Å². The van der Waals surface area contributed by atoms with E-state index in [0.717, 1.165) is 42.7 Å². The molecule has 1 atom stereocenters. The highest BCUT2D eigenvalue weighted by Gasteiger charge is 2.21. The fourth-order valence-electron chi connectivity index (χ4n) is 4.30. The Kier molecular flexibility index (Phi) is 7.73. The van der Waals surface area contributed by atoms with Gasteiger partial charge in [-0.25, -0.2) is 4.79 Å². The molecule has 0 aliphatic carbocycles. The second kappa shape index (κ2) is 10.9. The molecule has 2 N–H and O–H groups in total. The number of rotatable bonds is 7. The number of carbonyl (C=O) groups excluding carboxylic acids is 2. The zero-order valence-electron chi connectivity index (χ0n) is 19.0. The maximum Gasteiger partial charge on any atom is 0.319 e. The largest absolute Gasteiger partial charge is 0.377 e. The van der Waals surface area contributed by atoms with Crippen molar-refractivity contribution in [3.63, 3.8) is 0 Å². The Labute approximate surface area is 200 Å². The second-order valence-electron chi connectivity index (χ2n) is 8.65. The Morgan fingerprint density at radius 2 is 1.94 bits per heavy atom. The lowest BCUT2D eigenvalue weighted by atomic mass is 10.1. The van der Waals surface area contributed by atoms with E-state index in [9.17, 15) is 9.59 Å². The van der Waals surface area contributed by atoms with Crippen molar-refractivity contribution < 1.29 is 14.3 Å². The number of halogens is 1. The molecule has 0 aromatic heterocycles. The van der Waals surface area contributed by atoms with E-state index in [4.69, 9.17) is 16.3 Å². The summed E-state index contributed by atoms with van der Waals surface area (Å²) < 4.78 is 5.49. The lowest BCUT2D eigenvalue weighted by Gasteiger charge is -2.35. The Balaban J connectivity index is 1.22. The van der Waals surface area contributed by atoms with Gasteiger partial charge in [0.05, 0.1) is 23.9 Å². The van der Waals surface area contributed by atoms with Gasteiger partial charge in [0.2, 0.25) is 5.91 Å². The fraction of sp³-hybridized carbons (Fsp3) is 0.440. The van der Waals surface area contributed by atoms with E-state index in [0.29, 0.717) is 43.4 Å². The summed E-state index contributed by atoms with van der Waals surface area (Å²) in [6.07, 6.45) is 2.34. The smallest absolute Gasteiger partial charge is 0.319 e. The molecule has 0 spiro atoms. The molecule has 3 amide bonds. The minimum Gasteiger partial charge on any atom is -0.377 e. The Morgan fingerprint density at radius 3 is 2.64 bits per heavy atom. The number of likely N-dealkylation sites (tertiary alicyclic amines) is 1. The normalized spacial score (nSPS) is 18.5. The molecule has 2 saturated heterocycles. The predicted molar refractivity (Wildman–Crippen MR) is 131 cm³/mol. The van der Waals surface area contributed by atoms with Crippen molar-refractivity contribution in [3.05, 3.63) is 58.6 Å². The van der Waals surface area contributed by atoms with Crippen molar-refractivity contribution in [1.29, 1.82) is 0 Å². The molecule has 2 fully saturated rings. The van der Waals surface area contributed by atoms with Crippen LogP contribution in [0.5, 0.6) is 0 Å². The number of hydrogen-bond donors (Lipinski definition) is 2. The van der Waals surface area contributed by atoms with Gasteiger partial charge < -0.3 is 25.2 Å². The van der Waals surface area contributed by atoms with Gasteiger partial charge in [-0.1, -0.05) is 35.9 Å². The van der Waals surface area contributed by atoms with E-state index in [1.807, 2.05) is 17.0 Å². The molecule has 33 heavy (non-hydrogen) atoms. The van der Waals surface area contributed by atoms with Crippen LogP contribution in [0.1, 0.15) is 30.9 Å². The monoisotopic (exact) mass is 470 g/mol. The van der Waals surface area contributed by atoms with E-state index in [2.05, 4.69) is 46.7 Å². The van der Waals surface area contributed by atoms with Crippen molar-refractivity contribution in [2.75, 3.05) is 43.1 Å². The summed E-state index contributed by atoms with van der Waals surface area (Å²) in [6.45, 7) is 6.31. The van der Waals surface area contributed by atoms with E-state index in [-0.39, 0.29) is 18.0 Å². The van der Waals surface area contributed by atoms with Crippen LogP contribution >= 0.6 is 11.6 Å². The highest BCUT2D eigenvalue weighted by atomic mass is 35.5. The maximum atomic E-state index is 12.3. The maximum absolute atomic E-state index is 12.3. The first kappa shape index (κ1) is 23.4. The van der Waals surface area contributed by atoms with Gasteiger partial charge in [-0.3, -0.25) is 4.79 Å². The molecule has 0 saturated carbocycles. The standard InChI is InChI=1S/C25H31ClN4O3/c1-18-17-33-14-13-30(18)23-9-8-21(15-22(23)26)28-25(32)27-11-10-19-4-6-20(7-5-19)16-29-12-2-3-24(29)31/h4-9,15,18H,2-3,10-14,16-17H2,1H3,(H2,27,28,32). The van der Waals surface area contributed by atoms with Crippen molar-refractivity contribution in [2.24, 2.45) is 0 Å². The third-order valence-electron chi connectivity index (χ3n) is 6.15. The van der Waals surface area contributed by atoms with Crippen molar-refractivity contribution in [3.8, 4) is 0 Å². The average Bonchev–Trinajstić information content (AvgIpc) is 3.20. The van der Waals surface area contributed by atoms with E-state index < -0.39 is 0 Å². The lowest BCUT2D eigenvalue weighted by Crippen LogP contribution is -2.43. The third-order valence-corrected chi connectivity index (χ3v) is 6.45. The topological polar surface area (TPSA) is 73.9 Å². The summed E-state index contributed by atoms with van der Waals surface area (Å²) in [5.74, 6) is 0.237. The molecule has 4 rings (SSSR count). The number of amides is 3. The van der Waals surface area contributed by atoms with Crippen LogP contribution in [0.3, 0.4) is 0 Å². The first-order chi connectivity index (χ1) is 16.0. The van der Waals surface area contributed by atoms with Crippen LogP contribution in [0.2, 0.25) is 5.02 Å². The predicted octanol–water partition coefficient (Wildman–Crippen LogP) is 4.05. The Bertz CT molecular complexity index is 982. The quantitative estimate of drug-likeness (QED) is 0.640. The molecule has 8 heteroatoms. The SMILES string of the molecule is CC1COCCN1c1ccc(NC(=O)NCCc2ccc(CN3CCCC3=O)cc2)cc1Cl. The molecule has 1 unspecified atom stereocenters. The Morgan fingerprint density at radius 1 is 1.15 bits per heavy atom. The first-order valence-electron chi connectivity index (χ1n) is 11.5. The van der Waals surface area contributed by atoms with Crippen LogP contribution in [-0.4, -0.2) is 55.7 Å². The van der Waals surface area contributed by atoms with E-state index >= 15 is 0 Å². The number of benzene rings is 2. The van der Waals surface area contributed by atoms with Gasteiger partial charge in [-0.15, -0.1) is 0 Å². The highest BCUT2D eigenvalue weighted by Crippen LogP contribution is 2.31. The molecule has 176 valence electrons. The van der Waals surface area contributed by atoms with Gasteiger partial charge in [0.25, 0.3) is 0 Å². The number of anilines is 2. The molecule has 2 aromatic carbocycles. The molecule has 0 radical (unpaired) electrons. The number of ether oxygens (including phenoxy) is 1. The van der Waals surface area contributed by atoms with Gasteiger partial charge in [0.1, 0.15) is 0 Å². The molecular weight excluding hydrogens is 440 g/mol. The fourth-order valence-corrected chi connectivity index (χ4v) is 4.59. The minimum absolute atomic E-state index is 0.237. The Hall–Kier alpha value is -2.77. The lowest BCUT2D eigenvalue weighted by molar-refractivity contribution is -0.128. The van der Waals surface area contributed by atoms with Gasteiger partial charge in [0.15, 0.2) is 0 Å². The summed E-state index contributed by atoms with van der Waals surface area (Å²) >= 11 is 6.49. The van der Waals surface area contributed by atoms with Crippen molar-refractivity contribution in [1.82, 2.24) is 10.2 Å². The van der Waals surface area contributed by atoms with Crippen LogP contribution in [0, 0.1) is 0 Å². The molecule has 2 aliphatic rings. The molecule has 2 aromatic rings. The van der Waals surface area contributed by atoms with Crippen LogP contribution in [0.25, 0.3) is 0 Å². The zero-order valence-corrected chi connectivity index (χ0v) is 19.7.